The molecule has 12 heteroatoms. The zero-order chi connectivity index (χ0) is 25.1. The molecule has 0 fully saturated rings. The average Bonchev–Trinajstić information content (AvgIpc) is 2.76. The van der Waals surface area contributed by atoms with Crippen LogP contribution in [-0.4, -0.2) is 59.9 Å². The number of phosphoric ester groups is 1. The van der Waals surface area contributed by atoms with E-state index in [0.29, 0.717) is 12.8 Å². The van der Waals surface area contributed by atoms with Gasteiger partial charge < -0.3 is 25.2 Å². The van der Waals surface area contributed by atoms with Gasteiger partial charge in [-0.15, -0.1) is 0 Å². The number of unbranched alkanes of at least 4 members (excludes halogenated alkanes) is 7. The van der Waals surface area contributed by atoms with Crippen molar-refractivity contribution in [3.63, 3.8) is 0 Å². The number of rotatable bonds is 21. The van der Waals surface area contributed by atoms with Crippen LogP contribution >= 0.6 is 7.82 Å². The Morgan fingerprint density at radius 1 is 0.818 bits per heavy atom. The normalized spacial score (nSPS) is 14.8. The van der Waals surface area contributed by atoms with Crippen LogP contribution < -0.4 is 5.73 Å². The van der Waals surface area contributed by atoms with Gasteiger partial charge in [-0.3, -0.25) is 23.4 Å². The molecule has 0 amide bonds. The van der Waals surface area contributed by atoms with Crippen molar-refractivity contribution >= 4 is 25.7 Å². The van der Waals surface area contributed by atoms with Crippen LogP contribution in [0.2, 0.25) is 0 Å². The standard InChI is InChI=1S/C21H40NO10P/c1-3-5-6-7-8-9-10-11-13-19(23)29-14-17(32-20(24)12-4-2)15-30-33(27,28)31-16-18(22)21(25)26/h17-18H,3-16,22H2,1-2H3,(H,25,26)(H,27,28)/t17-,18+/m1/s1. The molecule has 3 atom stereocenters. The van der Waals surface area contributed by atoms with Crippen molar-refractivity contribution in [3.8, 4) is 0 Å². The van der Waals surface area contributed by atoms with Gasteiger partial charge in [0.05, 0.1) is 13.2 Å². The van der Waals surface area contributed by atoms with Crippen molar-refractivity contribution in [1.29, 1.82) is 0 Å². The van der Waals surface area contributed by atoms with E-state index in [-0.39, 0.29) is 19.4 Å². The predicted molar refractivity (Wildman–Crippen MR) is 120 cm³/mol. The van der Waals surface area contributed by atoms with E-state index in [1.807, 2.05) is 0 Å². The maximum Gasteiger partial charge on any atom is 0.472 e. The molecule has 0 aromatic rings. The number of hydrogen-bond donors (Lipinski definition) is 3. The minimum absolute atomic E-state index is 0.115. The predicted octanol–water partition coefficient (Wildman–Crippen LogP) is 3.32. The first kappa shape index (κ1) is 31.5. The maximum absolute atomic E-state index is 12.0. The van der Waals surface area contributed by atoms with E-state index in [9.17, 15) is 23.8 Å². The van der Waals surface area contributed by atoms with Gasteiger partial charge >= 0.3 is 25.7 Å². The van der Waals surface area contributed by atoms with Gasteiger partial charge in [-0.1, -0.05) is 58.8 Å². The highest BCUT2D eigenvalue weighted by atomic mass is 31.2. The van der Waals surface area contributed by atoms with Gasteiger partial charge in [0.15, 0.2) is 6.10 Å². The van der Waals surface area contributed by atoms with E-state index in [1.165, 1.54) is 25.7 Å². The number of carboxylic acid groups (broad SMARTS) is 1. The molecular weight excluding hydrogens is 457 g/mol. The smallest absolute Gasteiger partial charge is 0.472 e. The van der Waals surface area contributed by atoms with Crippen molar-refractivity contribution in [2.75, 3.05) is 19.8 Å². The first-order chi connectivity index (χ1) is 15.6. The van der Waals surface area contributed by atoms with Crippen LogP contribution in [0.15, 0.2) is 0 Å². The van der Waals surface area contributed by atoms with Gasteiger partial charge in [-0.2, -0.15) is 0 Å². The zero-order valence-corrected chi connectivity index (χ0v) is 20.6. The first-order valence-corrected chi connectivity index (χ1v) is 13.1. The van der Waals surface area contributed by atoms with Gasteiger partial charge in [0.1, 0.15) is 12.6 Å². The minimum Gasteiger partial charge on any atom is -0.480 e. The summed E-state index contributed by atoms with van der Waals surface area (Å²) in [5.74, 6) is -2.45. The Morgan fingerprint density at radius 2 is 1.39 bits per heavy atom. The van der Waals surface area contributed by atoms with Crippen molar-refractivity contribution < 1.29 is 47.5 Å². The molecule has 0 heterocycles. The fourth-order valence-corrected chi connectivity index (χ4v) is 3.46. The molecule has 4 N–H and O–H groups in total. The molecule has 0 bridgehead atoms. The number of phosphoric acid groups is 1. The molecule has 33 heavy (non-hydrogen) atoms. The summed E-state index contributed by atoms with van der Waals surface area (Å²) in [5, 5.41) is 8.68. The molecule has 1 unspecified atom stereocenters. The molecule has 0 spiro atoms. The molecule has 0 aliphatic carbocycles. The maximum atomic E-state index is 12.0. The monoisotopic (exact) mass is 497 g/mol. The Morgan fingerprint density at radius 3 is 1.97 bits per heavy atom. The van der Waals surface area contributed by atoms with Crippen LogP contribution in [0.25, 0.3) is 0 Å². The third-order valence-electron chi connectivity index (χ3n) is 4.57. The van der Waals surface area contributed by atoms with Crippen LogP contribution in [-0.2, 0) is 37.5 Å². The Kier molecular flexibility index (Phi) is 18.0. The Balaban J connectivity index is 4.41. The lowest BCUT2D eigenvalue weighted by atomic mass is 10.1. The number of aliphatic carboxylic acids is 1. The summed E-state index contributed by atoms with van der Waals surface area (Å²) < 4.78 is 31.5. The summed E-state index contributed by atoms with van der Waals surface area (Å²) in [6.45, 7) is 2.26. The second-order valence-electron chi connectivity index (χ2n) is 7.77. The van der Waals surface area contributed by atoms with Crippen LogP contribution in [0.1, 0.15) is 84.5 Å². The lowest BCUT2D eigenvalue weighted by Crippen LogP contribution is -2.34. The van der Waals surface area contributed by atoms with Gasteiger partial charge in [0, 0.05) is 12.8 Å². The molecule has 0 aliphatic heterocycles. The summed E-state index contributed by atoms with van der Waals surface area (Å²) in [6, 6.07) is -1.51. The summed E-state index contributed by atoms with van der Waals surface area (Å²) in [5.41, 5.74) is 5.21. The van der Waals surface area contributed by atoms with E-state index in [0.717, 1.165) is 19.3 Å². The SMILES string of the molecule is CCCCCCCCCCC(=O)OC[C@H](COP(=O)(O)OC[C@H](N)C(=O)O)OC(=O)CCC. The highest BCUT2D eigenvalue weighted by Crippen LogP contribution is 2.43. The van der Waals surface area contributed by atoms with E-state index in [2.05, 4.69) is 11.4 Å². The molecule has 0 saturated heterocycles. The number of hydrogen-bond acceptors (Lipinski definition) is 9. The highest BCUT2D eigenvalue weighted by Gasteiger charge is 2.28. The third kappa shape index (κ3) is 18.6. The average molecular weight is 498 g/mol. The van der Waals surface area contributed by atoms with Crippen molar-refractivity contribution in [2.45, 2.75) is 96.6 Å². The van der Waals surface area contributed by atoms with Crippen LogP contribution in [0.4, 0.5) is 0 Å². The van der Waals surface area contributed by atoms with Gasteiger partial charge in [-0.25, -0.2) is 4.57 Å². The molecule has 0 aromatic heterocycles. The minimum atomic E-state index is -4.66. The van der Waals surface area contributed by atoms with Gasteiger partial charge in [-0.05, 0) is 12.8 Å². The zero-order valence-electron chi connectivity index (χ0n) is 19.7. The number of carboxylic acids is 1. The Hall–Kier alpha value is -1.52. The van der Waals surface area contributed by atoms with E-state index in [1.54, 1.807) is 6.92 Å². The number of ether oxygens (including phenoxy) is 2. The topological polar surface area (TPSA) is 172 Å². The number of carbonyl (C=O) groups is 3. The molecule has 0 saturated carbocycles. The van der Waals surface area contributed by atoms with Crippen molar-refractivity contribution in [1.82, 2.24) is 0 Å². The molecular formula is C21H40NO10P. The highest BCUT2D eigenvalue weighted by molar-refractivity contribution is 7.47. The molecule has 0 aromatic carbocycles. The Bertz CT molecular complexity index is 616. The third-order valence-corrected chi connectivity index (χ3v) is 5.53. The van der Waals surface area contributed by atoms with Crippen molar-refractivity contribution in [3.05, 3.63) is 0 Å². The Labute approximate surface area is 195 Å². The van der Waals surface area contributed by atoms with E-state index < -0.39 is 51.1 Å². The van der Waals surface area contributed by atoms with Crippen molar-refractivity contribution in [2.24, 2.45) is 5.73 Å². The molecule has 11 nitrogen and oxygen atoms in total. The second-order valence-corrected chi connectivity index (χ2v) is 9.23. The van der Waals surface area contributed by atoms with Gasteiger partial charge in [0.25, 0.3) is 0 Å². The van der Waals surface area contributed by atoms with Gasteiger partial charge in [0.2, 0.25) is 0 Å². The van der Waals surface area contributed by atoms with Crippen LogP contribution in [0.5, 0.6) is 0 Å². The quantitative estimate of drug-likeness (QED) is 0.121. The lowest BCUT2D eigenvalue weighted by Gasteiger charge is -2.20. The second kappa shape index (κ2) is 18.9. The summed E-state index contributed by atoms with van der Waals surface area (Å²) >= 11 is 0. The molecule has 0 aliphatic rings. The first-order valence-electron chi connectivity index (χ1n) is 11.6. The largest absolute Gasteiger partial charge is 0.480 e. The molecule has 0 rings (SSSR count). The lowest BCUT2D eigenvalue weighted by molar-refractivity contribution is -0.161. The summed E-state index contributed by atoms with van der Waals surface area (Å²) in [7, 11) is -4.66. The summed E-state index contributed by atoms with van der Waals surface area (Å²) in [6.07, 6.45) is 8.42. The van der Waals surface area contributed by atoms with E-state index >= 15 is 0 Å². The number of nitrogens with two attached hydrogens (primary N) is 1. The molecule has 0 radical (unpaired) electrons. The van der Waals surface area contributed by atoms with Crippen LogP contribution in [0, 0.1) is 0 Å². The fourth-order valence-electron chi connectivity index (χ4n) is 2.69. The number of carbonyl (C=O) groups excluding carboxylic acids is 2. The molecule has 194 valence electrons. The fraction of sp³-hybridized carbons (Fsp3) is 0.857. The summed E-state index contributed by atoms with van der Waals surface area (Å²) in [4.78, 5) is 44.1. The number of esters is 2. The van der Waals surface area contributed by atoms with Crippen LogP contribution in [0.3, 0.4) is 0 Å². The van der Waals surface area contributed by atoms with E-state index in [4.69, 9.17) is 24.8 Å².